The lowest BCUT2D eigenvalue weighted by atomic mass is 9.86. The third-order valence-corrected chi connectivity index (χ3v) is 4.02. The second-order valence-electron chi connectivity index (χ2n) is 5.78. The molecule has 8 nitrogen and oxygen atoms in total. The molecule has 1 aromatic carbocycles. The number of nitrogens with two attached hydrogens (primary N) is 1. The molecular weight excluding hydrogens is 324 g/mol. The highest BCUT2D eigenvalue weighted by Crippen LogP contribution is 2.38. The maximum absolute atomic E-state index is 12.4. The van der Waals surface area contributed by atoms with Gasteiger partial charge in [0, 0.05) is 12.3 Å². The molecule has 1 amide bonds. The number of ether oxygens (including phenoxy) is 2. The van der Waals surface area contributed by atoms with Gasteiger partial charge in [-0.25, -0.2) is 0 Å². The van der Waals surface area contributed by atoms with E-state index in [1.165, 1.54) is 0 Å². The number of rotatable bonds is 5. The van der Waals surface area contributed by atoms with Crippen LogP contribution in [0.2, 0.25) is 0 Å². The molecule has 0 radical (unpaired) electrons. The number of fused-ring (bicyclic) bond motifs is 1. The Balaban J connectivity index is 2.08. The normalized spacial score (nSPS) is 16.1. The van der Waals surface area contributed by atoms with Crippen LogP contribution in [-0.4, -0.2) is 29.6 Å². The molecule has 25 heavy (non-hydrogen) atoms. The van der Waals surface area contributed by atoms with Gasteiger partial charge in [0.15, 0.2) is 11.5 Å². The van der Waals surface area contributed by atoms with E-state index in [-0.39, 0.29) is 29.7 Å². The van der Waals surface area contributed by atoms with Crippen LogP contribution in [0.1, 0.15) is 36.8 Å². The summed E-state index contributed by atoms with van der Waals surface area (Å²) in [6, 6.07) is 5.39. The van der Waals surface area contributed by atoms with Crippen LogP contribution in [0.3, 0.4) is 0 Å². The summed E-state index contributed by atoms with van der Waals surface area (Å²) < 4.78 is 11.0. The number of carbonyl (C=O) groups excluding carboxylic acids is 1. The van der Waals surface area contributed by atoms with Gasteiger partial charge in [0.25, 0.3) is 5.56 Å². The van der Waals surface area contributed by atoms with Gasteiger partial charge in [-0.1, -0.05) is 13.0 Å². The Hall–Kier alpha value is -3.03. The van der Waals surface area contributed by atoms with Crippen LogP contribution in [0.5, 0.6) is 11.5 Å². The van der Waals surface area contributed by atoms with Crippen LogP contribution >= 0.6 is 0 Å². The summed E-state index contributed by atoms with van der Waals surface area (Å²) in [5, 5.41) is 2.61. The van der Waals surface area contributed by atoms with E-state index in [0.717, 1.165) is 12.0 Å². The fourth-order valence-corrected chi connectivity index (χ4v) is 2.91. The van der Waals surface area contributed by atoms with E-state index >= 15 is 0 Å². The minimum absolute atomic E-state index is 0.0357. The lowest BCUT2D eigenvalue weighted by Crippen LogP contribution is -2.31. The summed E-state index contributed by atoms with van der Waals surface area (Å²) in [6.07, 6.45) is 0.992. The SMILES string of the molecule is CCCOc1cc(C2CC(=O)Nc3nc(N)[nH]c(=O)c32)ccc1OC. The average molecular weight is 344 g/mol. The Morgan fingerprint density at radius 2 is 2.12 bits per heavy atom. The molecule has 0 saturated carbocycles. The van der Waals surface area contributed by atoms with E-state index in [2.05, 4.69) is 15.3 Å². The van der Waals surface area contributed by atoms with Gasteiger partial charge in [-0.3, -0.25) is 14.6 Å². The van der Waals surface area contributed by atoms with Gasteiger partial charge in [-0.05, 0) is 24.1 Å². The molecule has 1 aliphatic heterocycles. The Morgan fingerprint density at radius 1 is 1.32 bits per heavy atom. The van der Waals surface area contributed by atoms with Crippen LogP contribution in [0.4, 0.5) is 11.8 Å². The van der Waals surface area contributed by atoms with E-state index < -0.39 is 5.92 Å². The van der Waals surface area contributed by atoms with Crippen LogP contribution in [-0.2, 0) is 4.79 Å². The van der Waals surface area contributed by atoms with Crippen molar-refractivity contribution < 1.29 is 14.3 Å². The summed E-state index contributed by atoms with van der Waals surface area (Å²) in [7, 11) is 1.56. The van der Waals surface area contributed by atoms with Crippen LogP contribution in [0, 0.1) is 0 Å². The first kappa shape index (κ1) is 16.8. The summed E-state index contributed by atoms with van der Waals surface area (Å²) in [6.45, 7) is 2.55. The number of benzene rings is 1. The number of aromatic nitrogens is 2. The zero-order chi connectivity index (χ0) is 18.0. The lowest BCUT2D eigenvalue weighted by Gasteiger charge is -2.25. The molecule has 132 valence electrons. The summed E-state index contributed by atoms with van der Waals surface area (Å²) in [4.78, 5) is 31.0. The van der Waals surface area contributed by atoms with E-state index in [0.29, 0.717) is 23.7 Å². The predicted octanol–water partition coefficient (Wildman–Crippen LogP) is 1.62. The first-order valence-electron chi connectivity index (χ1n) is 8.03. The van der Waals surface area contributed by atoms with Gasteiger partial charge in [0.2, 0.25) is 11.9 Å². The number of hydrogen-bond donors (Lipinski definition) is 3. The maximum Gasteiger partial charge on any atom is 0.258 e. The van der Waals surface area contributed by atoms with Crippen molar-refractivity contribution >= 4 is 17.7 Å². The topological polar surface area (TPSA) is 119 Å². The van der Waals surface area contributed by atoms with Gasteiger partial charge in [-0.15, -0.1) is 0 Å². The van der Waals surface area contributed by atoms with Crippen LogP contribution < -0.4 is 26.1 Å². The molecule has 1 unspecified atom stereocenters. The molecule has 1 aliphatic rings. The largest absolute Gasteiger partial charge is 0.493 e. The molecule has 1 aromatic heterocycles. The smallest absolute Gasteiger partial charge is 0.258 e. The second kappa shape index (κ2) is 6.84. The minimum Gasteiger partial charge on any atom is -0.493 e. The average Bonchev–Trinajstić information content (AvgIpc) is 2.58. The zero-order valence-corrected chi connectivity index (χ0v) is 14.1. The van der Waals surface area contributed by atoms with Crippen molar-refractivity contribution in [2.24, 2.45) is 0 Å². The number of aromatic amines is 1. The number of H-pyrrole nitrogens is 1. The molecular formula is C17H20N4O4. The fraction of sp³-hybridized carbons (Fsp3) is 0.353. The van der Waals surface area contributed by atoms with Gasteiger partial charge >= 0.3 is 0 Å². The second-order valence-corrected chi connectivity index (χ2v) is 5.78. The molecule has 3 rings (SSSR count). The van der Waals surface area contributed by atoms with Gasteiger partial charge in [0.05, 0.1) is 19.3 Å². The third kappa shape index (κ3) is 3.28. The molecule has 0 saturated heterocycles. The first-order chi connectivity index (χ1) is 12.0. The highest BCUT2D eigenvalue weighted by molar-refractivity contribution is 5.94. The predicted molar refractivity (Wildman–Crippen MR) is 93.1 cm³/mol. The fourth-order valence-electron chi connectivity index (χ4n) is 2.91. The molecule has 0 spiro atoms. The highest BCUT2D eigenvalue weighted by atomic mass is 16.5. The molecule has 0 aliphatic carbocycles. The van der Waals surface area contributed by atoms with Crippen LogP contribution in [0.15, 0.2) is 23.0 Å². The van der Waals surface area contributed by atoms with Crippen molar-refractivity contribution in [1.29, 1.82) is 0 Å². The Bertz CT molecular complexity index is 862. The van der Waals surface area contributed by atoms with Gasteiger partial charge < -0.3 is 20.5 Å². The molecule has 0 bridgehead atoms. The molecule has 2 aromatic rings. The van der Waals surface area contributed by atoms with Crippen molar-refractivity contribution in [2.45, 2.75) is 25.7 Å². The van der Waals surface area contributed by atoms with Gasteiger partial charge in [0.1, 0.15) is 5.82 Å². The van der Waals surface area contributed by atoms with Crippen molar-refractivity contribution in [1.82, 2.24) is 9.97 Å². The highest BCUT2D eigenvalue weighted by Gasteiger charge is 2.31. The molecule has 2 heterocycles. The van der Waals surface area contributed by atoms with Crippen molar-refractivity contribution in [3.05, 3.63) is 39.7 Å². The van der Waals surface area contributed by atoms with E-state index in [4.69, 9.17) is 15.2 Å². The van der Waals surface area contributed by atoms with E-state index in [1.807, 2.05) is 13.0 Å². The summed E-state index contributed by atoms with van der Waals surface area (Å²) in [5.41, 5.74) is 6.38. The Labute approximate surface area is 144 Å². The summed E-state index contributed by atoms with van der Waals surface area (Å²) >= 11 is 0. The monoisotopic (exact) mass is 344 g/mol. The summed E-state index contributed by atoms with van der Waals surface area (Å²) in [5.74, 6) is 0.689. The molecule has 0 fully saturated rings. The first-order valence-corrected chi connectivity index (χ1v) is 8.03. The van der Waals surface area contributed by atoms with Gasteiger partial charge in [-0.2, -0.15) is 4.98 Å². The Kier molecular flexibility index (Phi) is 4.60. The number of methoxy groups -OCH3 is 1. The quantitative estimate of drug-likeness (QED) is 0.758. The standard InChI is InChI=1S/C17H20N4O4/c1-3-6-25-12-7-9(4-5-11(12)24-2)10-8-13(22)19-15-14(10)16(23)21-17(18)20-15/h4-5,7,10H,3,6,8H2,1-2H3,(H4,18,19,20,21,22,23). The molecule has 8 heteroatoms. The van der Waals surface area contributed by atoms with Crippen molar-refractivity contribution in [3.8, 4) is 11.5 Å². The third-order valence-electron chi connectivity index (χ3n) is 4.02. The number of nitrogens with zero attached hydrogens (tertiary/aromatic N) is 1. The number of amides is 1. The number of anilines is 2. The number of nitrogen functional groups attached to an aromatic ring is 1. The molecule has 1 atom stereocenters. The zero-order valence-electron chi connectivity index (χ0n) is 14.1. The van der Waals surface area contributed by atoms with Crippen molar-refractivity contribution in [2.75, 3.05) is 24.8 Å². The Morgan fingerprint density at radius 3 is 2.84 bits per heavy atom. The maximum atomic E-state index is 12.4. The number of hydrogen-bond acceptors (Lipinski definition) is 6. The number of carbonyl (C=O) groups is 1. The van der Waals surface area contributed by atoms with E-state index in [1.54, 1.807) is 19.2 Å². The lowest BCUT2D eigenvalue weighted by molar-refractivity contribution is -0.116. The molecule has 4 N–H and O–H groups in total. The van der Waals surface area contributed by atoms with E-state index in [9.17, 15) is 9.59 Å². The van der Waals surface area contributed by atoms with Crippen LogP contribution in [0.25, 0.3) is 0 Å². The minimum atomic E-state index is -0.435. The number of nitrogens with one attached hydrogen (secondary N) is 2. The van der Waals surface area contributed by atoms with Crippen molar-refractivity contribution in [3.63, 3.8) is 0 Å².